The number of hydrogen-bond acceptors (Lipinski definition) is 4. The number of fused-ring (bicyclic) bond motifs is 1. The Bertz CT molecular complexity index is 731. The van der Waals surface area contributed by atoms with E-state index in [1.54, 1.807) is 29.0 Å². The van der Waals surface area contributed by atoms with Gasteiger partial charge in [-0.05, 0) is 30.7 Å². The van der Waals surface area contributed by atoms with Crippen LogP contribution in [0.3, 0.4) is 0 Å². The second-order valence-electron chi connectivity index (χ2n) is 5.82. The molecule has 1 amide bonds. The van der Waals surface area contributed by atoms with Crippen molar-refractivity contribution < 1.29 is 9.53 Å². The van der Waals surface area contributed by atoms with Gasteiger partial charge in [-0.2, -0.15) is 5.10 Å². The van der Waals surface area contributed by atoms with Crippen molar-refractivity contribution in [2.45, 2.75) is 13.0 Å². The van der Waals surface area contributed by atoms with Gasteiger partial charge in [0.1, 0.15) is 0 Å². The number of nitrogens with zero attached hydrogens (tertiary/aromatic N) is 4. The summed E-state index contributed by atoms with van der Waals surface area (Å²) in [5, 5.41) is 4.98. The molecule has 2 aromatic rings. The van der Waals surface area contributed by atoms with Crippen LogP contribution in [0.4, 0.5) is 11.4 Å². The summed E-state index contributed by atoms with van der Waals surface area (Å²) in [6, 6.07) is 7.40. The van der Waals surface area contributed by atoms with Gasteiger partial charge in [0, 0.05) is 38.5 Å². The Morgan fingerprint density at radius 2 is 2.12 bits per heavy atom. The molecule has 0 fully saturated rings. The average molecular weight is 349 g/mol. The lowest BCUT2D eigenvalue weighted by Gasteiger charge is -2.24. The van der Waals surface area contributed by atoms with Crippen LogP contribution < -0.4 is 9.80 Å². The van der Waals surface area contributed by atoms with Gasteiger partial charge in [-0.25, -0.2) is 0 Å². The van der Waals surface area contributed by atoms with Gasteiger partial charge in [-0.15, -0.1) is 0 Å². The zero-order valence-electron chi connectivity index (χ0n) is 13.9. The fourth-order valence-electron chi connectivity index (χ4n) is 2.88. The topological polar surface area (TPSA) is 50.6 Å². The Hall–Kier alpha value is -2.05. The van der Waals surface area contributed by atoms with Crippen molar-refractivity contribution in [3.8, 4) is 0 Å². The van der Waals surface area contributed by atoms with Crippen molar-refractivity contribution in [3.05, 3.63) is 41.2 Å². The predicted octanol–water partition coefficient (Wildman–Crippen LogP) is 2.67. The minimum atomic E-state index is -0.106. The van der Waals surface area contributed by atoms with Gasteiger partial charge in [0.15, 0.2) is 5.69 Å². The summed E-state index contributed by atoms with van der Waals surface area (Å²) in [4.78, 5) is 16.9. The van der Waals surface area contributed by atoms with E-state index in [4.69, 9.17) is 16.3 Å². The lowest BCUT2D eigenvalue weighted by atomic mass is 10.2. The molecule has 128 valence electrons. The maximum atomic E-state index is 13.0. The number of rotatable bonds is 4. The number of hydrogen-bond donors (Lipinski definition) is 0. The minimum absolute atomic E-state index is 0.106. The smallest absolute Gasteiger partial charge is 0.278 e. The fourth-order valence-corrected chi connectivity index (χ4v) is 3.04. The third-order valence-electron chi connectivity index (χ3n) is 4.14. The Morgan fingerprint density at radius 1 is 1.29 bits per heavy atom. The molecule has 0 unspecified atom stereocenters. The number of aromatic nitrogens is 2. The number of carbonyl (C=O) groups excluding carboxylic acids is 1. The highest BCUT2D eigenvalue weighted by Gasteiger charge is 2.26. The third-order valence-corrected chi connectivity index (χ3v) is 4.38. The number of methoxy groups -OCH3 is 1. The molecule has 7 heteroatoms. The normalized spacial score (nSPS) is 14.5. The zero-order chi connectivity index (χ0) is 17.1. The Balaban J connectivity index is 1.90. The Labute approximate surface area is 146 Å². The van der Waals surface area contributed by atoms with Gasteiger partial charge in [0.2, 0.25) is 0 Å². The molecule has 1 aliphatic rings. The maximum Gasteiger partial charge on any atom is 0.278 e. The highest BCUT2D eigenvalue weighted by molar-refractivity contribution is 6.31. The number of carbonyl (C=O) groups is 1. The average Bonchev–Trinajstić information content (AvgIpc) is 2.98. The van der Waals surface area contributed by atoms with E-state index in [0.717, 1.165) is 24.3 Å². The minimum Gasteiger partial charge on any atom is -0.383 e. The van der Waals surface area contributed by atoms with Crippen LogP contribution in [0.25, 0.3) is 0 Å². The molecule has 0 bridgehead atoms. The van der Waals surface area contributed by atoms with E-state index in [1.807, 2.05) is 25.2 Å². The van der Waals surface area contributed by atoms with E-state index in [9.17, 15) is 4.79 Å². The molecule has 24 heavy (non-hydrogen) atoms. The molecule has 2 heterocycles. The van der Waals surface area contributed by atoms with Crippen LogP contribution in [0.15, 0.2) is 30.5 Å². The fraction of sp³-hybridized carbons (Fsp3) is 0.412. The highest BCUT2D eigenvalue weighted by atomic mass is 35.5. The largest absolute Gasteiger partial charge is 0.383 e. The number of amides is 1. The first kappa shape index (κ1) is 16.8. The van der Waals surface area contributed by atoms with E-state index in [2.05, 4.69) is 10.00 Å². The van der Waals surface area contributed by atoms with Crippen LogP contribution in [0.2, 0.25) is 5.02 Å². The van der Waals surface area contributed by atoms with Gasteiger partial charge in [-0.3, -0.25) is 9.48 Å². The quantitative estimate of drug-likeness (QED) is 0.852. The highest BCUT2D eigenvalue weighted by Crippen LogP contribution is 2.34. The van der Waals surface area contributed by atoms with Crippen LogP contribution >= 0.6 is 11.6 Å². The monoisotopic (exact) mass is 348 g/mol. The molecule has 6 nitrogen and oxygen atoms in total. The molecular weight excluding hydrogens is 328 g/mol. The molecule has 3 rings (SSSR count). The number of ether oxygens (including phenoxy) is 1. The number of anilines is 2. The first-order valence-corrected chi connectivity index (χ1v) is 8.33. The molecule has 0 spiro atoms. The summed E-state index contributed by atoms with van der Waals surface area (Å²) in [6.07, 6.45) is 2.69. The summed E-state index contributed by atoms with van der Waals surface area (Å²) in [5.41, 5.74) is 2.27. The van der Waals surface area contributed by atoms with Crippen molar-refractivity contribution in [2.24, 2.45) is 0 Å². The van der Waals surface area contributed by atoms with E-state index in [1.165, 1.54) is 0 Å². The molecule has 1 aliphatic heterocycles. The second-order valence-corrected chi connectivity index (χ2v) is 6.26. The summed E-state index contributed by atoms with van der Waals surface area (Å²) in [6.45, 7) is 2.71. The Kier molecular flexibility index (Phi) is 5.06. The van der Waals surface area contributed by atoms with Crippen molar-refractivity contribution >= 4 is 28.9 Å². The van der Waals surface area contributed by atoms with Crippen LogP contribution in [0.1, 0.15) is 16.9 Å². The molecule has 0 atom stereocenters. The maximum absolute atomic E-state index is 13.0. The van der Waals surface area contributed by atoms with Crippen molar-refractivity contribution in [1.29, 1.82) is 0 Å². The molecule has 0 saturated carbocycles. The summed E-state index contributed by atoms with van der Waals surface area (Å²) >= 11 is 6.16. The lowest BCUT2D eigenvalue weighted by molar-refractivity contribution is 0.0981. The molecular formula is C17H21ClN4O2. The van der Waals surface area contributed by atoms with E-state index < -0.39 is 0 Å². The van der Waals surface area contributed by atoms with Gasteiger partial charge >= 0.3 is 0 Å². The first-order chi connectivity index (χ1) is 11.6. The summed E-state index contributed by atoms with van der Waals surface area (Å²) in [7, 11) is 3.67. The molecule has 0 aliphatic carbocycles. The summed E-state index contributed by atoms with van der Waals surface area (Å²) < 4.78 is 6.77. The zero-order valence-corrected chi connectivity index (χ0v) is 14.7. The van der Waals surface area contributed by atoms with Crippen LogP contribution in [0.5, 0.6) is 0 Å². The van der Waals surface area contributed by atoms with Gasteiger partial charge < -0.3 is 14.5 Å². The second kappa shape index (κ2) is 7.23. The van der Waals surface area contributed by atoms with E-state index in [0.29, 0.717) is 30.4 Å². The van der Waals surface area contributed by atoms with Crippen LogP contribution in [-0.2, 0) is 11.3 Å². The third kappa shape index (κ3) is 3.39. The molecule has 1 aromatic carbocycles. The van der Waals surface area contributed by atoms with Gasteiger partial charge in [-0.1, -0.05) is 11.6 Å². The molecule has 0 radical (unpaired) electrons. The van der Waals surface area contributed by atoms with E-state index in [-0.39, 0.29) is 5.91 Å². The number of benzene rings is 1. The molecule has 0 saturated heterocycles. The standard InChI is InChI=1S/C17H21ClN4O2/c1-20-7-3-8-22(16-12-13(18)4-5-15(16)20)17(23)14-6-9-21(19-14)10-11-24-2/h4-6,9,12H,3,7-8,10-11H2,1-2H3. The number of halogens is 1. The molecule has 0 N–H and O–H groups in total. The SMILES string of the molecule is COCCn1ccc(C(=O)N2CCCN(C)c3ccc(Cl)cc32)n1. The van der Waals surface area contributed by atoms with Crippen molar-refractivity contribution in [3.63, 3.8) is 0 Å². The predicted molar refractivity (Wildman–Crippen MR) is 95.1 cm³/mol. The van der Waals surface area contributed by atoms with Crippen LogP contribution in [-0.4, -0.2) is 49.5 Å². The van der Waals surface area contributed by atoms with Crippen molar-refractivity contribution in [2.75, 3.05) is 43.7 Å². The summed E-state index contributed by atoms with van der Waals surface area (Å²) in [5.74, 6) is -0.106. The van der Waals surface area contributed by atoms with Gasteiger partial charge in [0.25, 0.3) is 5.91 Å². The lowest BCUT2D eigenvalue weighted by Crippen LogP contribution is -2.32. The van der Waals surface area contributed by atoms with Gasteiger partial charge in [0.05, 0.1) is 24.5 Å². The Morgan fingerprint density at radius 3 is 2.92 bits per heavy atom. The first-order valence-electron chi connectivity index (χ1n) is 7.95. The van der Waals surface area contributed by atoms with E-state index >= 15 is 0 Å². The molecule has 1 aromatic heterocycles. The van der Waals surface area contributed by atoms with Crippen LogP contribution in [0, 0.1) is 0 Å². The van der Waals surface area contributed by atoms with Crippen molar-refractivity contribution in [1.82, 2.24) is 9.78 Å².